The SMILES string of the molecule is CC(C)(CNC(=O)Nc1nncs1)C(N)=O. The van der Waals surface area contributed by atoms with Gasteiger partial charge in [-0.2, -0.15) is 0 Å². The fourth-order valence-corrected chi connectivity index (χ4v) is 1.20. The molecule has 0 spiro atoms. The molecule has 0 saturated heterocycles. The Morgan fingerprint density at radius 2 is 2.25 bits per heavy atom. The van der Waals surface area contributed by atoms with Crippen LogP contribution >= 0.6 is 11.3 Å². The van der Waals surface area contributed by atoms with Crippen molar-refractivity contribution in [3.8, 4) is 0 Å². The summed E-state index contributed by atoms with van der Waals surface area (Å²) in [5, 5.41) is 12.6. The first-order chi connectivity index (χ1) is 7.42. The lowest BCUT2D eigenvalue weighted by Gasteiger charge is -2.20. The number of rotatable bonds is 4. The molecule has 0 bridgehead atoms. The summed E-state index contributed by atoms with van der Waals surface area (Å²) in [6.07, 6.45) is 0. The highest BCUT2D eigenvalue weighted by Gasteiger charge is 2.25. The molecule has 8 heteroatoms. The van der Waals surface area contributed by atoms with Crippen LogP contribution < -0.4 is 16.4 Å². The third-order valence-electron chi connectivity index (χ3n) is 1.94. The molecule has 0 aliphatic carbocycles. The molecule has 16 heavy (non-hydrogen) atoms. The van der Waals surface area contributed by atoms with Crippen molar-refractivity contribution in [3.63, 3.8) is 0 Å². The van der Waals surface area contributed by atoms with Gasteiger partial charge in [0.1, 0.15) is 5.51 Å². The predicted octanol–water partition coefficient (Wildman–Crippen LogP) is 0.171. The van der Waals surface area contributed by atoms with Crippen LogP contribution in [0.15, 0.2) is 5.51 Å². The Balaban J connectivity index is 2.39. The molecular weight excluding hydrogens is 230 g/mol. The van der Waals surface area contributed by atoms with E-state index in [-0.39, 0.29) is 6.54 Å². The van der Waals surface area contributed by atoms with Gasteiger partial charge >= 0.3 is 6.03 Å². The van der Waals surface area contributed by atoms with Crippen molar-refractivity contribution in [2.75, 3.05) is 11.9 Å². The number of carbonyl (C=O) groups is 2. The lowest BCUT2D eigenvalue weighted by Crippen LogP contribution is -2.43. The largest absolute Gasteiger partial charge is 0.369 e. The summed E-state index contributed by atoms with van der Waals surface area (Å²) in [4.78, 5) is 22.3. The highest BCUT2D eigenvalue weighted by molar-refractivity contribution is 7.13. The number of aromatic nitrogens is 2. The van der Waals surface area contributed by atoms with E-state index in [1.165, 1.54) is 16.8 Å². The van der Waals surface area contributed by atoms with Gasteiger partial charge in [0, 0.05) is 6.54 Å². The van der Waals surface area contributed by atoms with Crippen LogP contribution in [0.5, 0.6) is 0 Å². The highest BCUT2D eigenvalue weighted by Crippen LogP contribution is 2.12. The van der Waals surface area contributed by atoms with Crippen molar-refractivity contribution in [3.05, 3.63) is 5.51 Å². The first-order valence-electron chi connectivity index (χ1n) is 4.53. The van der Waals surface area contributed by atoms with E-state index in [0.717, 1.165) is 0 Å². The second-order valence-electron chi connectivity index (χ2n) is 3.80. The number of nitrogens with zero attached hydrogens (tertiary/aromatic N) is 2. The lowest BCUT2D eigenvalue weighted by atomic mass is 9.93. The minimum Gasteiger partial charge on any atom is -0.369 e. The summed E-state index contributed by atoms with van der Waals surface area (Å²) in [6, 6.07) is -0.439. The summed E-state index contributed by atoms with van der Waals surface area (Å²) >= 11 is 1.21. The average molecular weight is 243 g/mol. The van der Waals surface area contributed by atoms with Crippen molar-refractivity contribution in [1.82, 2.24) is 15.5 Å². The van der Waals surface area contributed by atoms with E-state index in [1.54, 1.807) is 13.8 Å². The zero-order valence-corrected chi connectivity index (χ0v) is 9.80. The van der Waals surface area contributed by atoms with Crippen LogP contribution in [0.4, 0.5) is 9.93 Å². The molecule has 1 aromatic heterocycles. The van der Waals surface area contributed by atoms with E-state index in [9.17, 15) is 9.59 Å². The van der Waals surface area contributed by atoms with Crippen LogP contribution in [0.2, 0.25) is 0 Å². The van der Waals surface area contributed by atoms with E-state index in [0.29, 0.717) is 5.13 Å². The number of carbonyl (C=O) groups excluding carboxylic acids is 2. The summed E-state index contributed by atoms with van der Waals surface area (Å²) in [6.45, 7) is 3.47. The van der Waals surface area contributed by atoms with Gasteiger partial charge in [-0.3, -0.25) is 10.1 Å². The van der Waals surface area contributed by atoms with Gasteiger partial charge in [0.05, 0.1) is 5.41 Å². The zero-order valence-electron chi connectivity index (χ0n) is 8.98. The molecule has 0 unspecified atom stereocenters. The Labute approximate surface area is 96.4 Å². The molecule has 0 aliphatic heterocycles. The second kappa shape index (κ2) is 4.88. The van der Waals surface area contributed by atoms with Crippen molar-refractivity contribution in [1.29, 1.82) is 0 Å². The van der Waals surface area contributed by atoms with Crippen LogP contribution in [-0.2, 0) is 4.79 Å². The van der Waals surface area contributed by atoms with Gasteiger partial charge < -0.3 is 11.1 Å². The Morgan fingerprint density at radius 3 is 2.75 bits per heavy atom. The summed E-state index contributed by atoms with van der Waals surface area (Å²) < 4.78 is 0. The molecule has 0 fully saturated rings. The minimum atomic E-state index is -0.779. The van der Waals surface area contributed by atoms with Crippen LogP contribution in [0.25, 0.3) is 0 Å². The highest BCUT2D eigenvalue weighted by atomic mass is 32.1. The van der Waals surface area contributed by atoms with E-state index in [1.807, 2.05) is 0 Å². The second-order valence-corrected chi connectivity index (χ2v) is 4.63. The van der Waals surface area contributed by atoms with Crippen LogP contribution in [0, 0.1) is 5.41 Å². The molecule has 0 aromatic carbocycles. The number of nitrogens with one attached hydrogen (secondary N) is 2. The molecule has 1 heterocycles. The van der Waals surface area contributed by atoms with Gasteiger partial charge in [-0.25, -0.2) is 4.79 Å². The maximum absolute atomic E-state index is 11.3. The smallest absolute Gasteiger partial charge is 0.321 e. The fraction of sp³-hybridized carbons (Fsp3) is 0.500. The standard InChI is InChI=1S/C8H13N5O2S/c1-8(2,5(9)14)3-10-6(15)12-7-13-11-4-16-7/h4H,3H2,1-2H3,(H2,9,14)(H2,10,12,13,15). The molecule has 1 rings (SSSR count). The van der Waals surface area contributed by atoms with E-state index < -0.39 is 17.4 Å². The van der Waals surface area contributed by atoms with Crippen molar-refractivity contribution < 1.29 is 9.59 Å². The lowest BCUT2D eigenvalue weighted by molar-refractivity contribution is -0.125. The topological polar surface area (TPSA) is 110 Å². The van der Waals surface area contributed by atoms with E-state index in [4.69, 9.17) is 5.73 Å². The quantitative estimate of drug-likeness (QED) is 0.700. The van der Waals surface area contributed by atoms with Gasteiger partial charge in [0.15, 0.2) is 0 Å². The number of hydrogen-bond acceptors (Lipinski definition) is 5. The fourth-order valence-electron chi connectivity index (χ4n) is 0.757. The Bertz CT molecular complexity index is 376. The molecule has 4 N–H and O–H groups in total. The zero-order chi connectivity index (χ0) is 12.2. The molecule has 88 valence electrons. The molecule has 1 aromatic rings. The maximum atomic E-state index is 11.3. The molecule has 0 saturated carbocycles. The number of urea groups is 1. The predicted molar refractivity (Wildman–Crippen MR) is 59.9 cm³/mol. The summed E-state index contributed by atoms with van der Waals surface area (Å²) in [7, 11) is 0. The first kappa shape index (κ1) is 12.4. The summed E-state index contributed by atoms with van der Waals surface area (Å²) in [5.74, 6) is -0.469. The number of anilines is 1. The van der Waals surface area contributed by atoms with Crippen LogP contribution in [0.3, 0.4) is 0 Å². The molecule has 7 nitrogen and oxygen atoms in total. The van der Waals surface area contributed by atoms with E-state index >= 15 is 0 Å². The number of nitrogens with two attached hydrogens (primary N) is 1. The van der Waals surface area contributed by atoms with Crippen molar-refractivity contribution in [2.45, 2.75) is 13.8 Å². The normalized spacial score (nSPS) is 10.9. The molecule has 0 atom stereocenters. The van der Waals surface area contributed by atoms with E-state index in [2.05, 4.69) is 20.8 Å². The third-order valence-corrected chi connectivity index (χ3v) is 2.55. The molecule has 3 amide bonds. The maximum Gasteiger partial charge on any atom is 0.321 e. The number of primary amides is 1. The number of amides is 3. The minimum absolute atomic E-state index is 0.160. The molecule has 0 radical (unpaired) electrons. The average Bonchev–Trinajstić information content (AvgIpc) is 2.67. The van der Waals surface area contributed by atoms with Gasteiger partial charge in [-0.1, -0.05) is 11.3 Å². The Kier molecular flexibility index (Phi) is 3.78. The van der Waals surface area contributed by atoms with Gasteiger partial charge in [0.25, 0.3) is 0 Å². The van der Waals surface area contributed by atoms with Crippen LogP contribution in [-0.4, -0.2) is 28.7 Å². The molecular formula is C8H13N5O2S. The van der Waals surface area contributed by atoms with Crippen molar-refractivity contribution in [2.24, 2.45) is 11.1 Å². The first-order valence-corrected chi connectivity index (χ1v) is 5.41. The molecule has 0 aliphatic rings. The van der Waals surface area contributed by atoms with Gasteiger partial charge in [0.2, 0.25) is 11.0 Å². The Hall–Kier alpha value is -1.70. The monoisotopic (exact) mass is 243 g/mol. The van der Waals surface area contributed by atoms with Gasteiger partial charge in [-0.05, 0) is 13.8 Å². The number of hydrogen-bond donors (Lipinski definition) is 3. The summed E-state index contributed by atoms with van der Waals surface area (Å²) in [5.41, 5.74) is 5.89. The van der Waals surface area contributed by atoms with Crippen LogP contribution in [0.1, 0.15) is 13.8 Å². The van der Waals surface area contributed by atoms with Crippen molar-refractivity contribution >= 4 is 28.4 Å². The Morgan fingerprint density at radius 1 is 1.56 bits per heavy atom. The third kappa shape index (κ3) is 3.46. The van der Waals surface area contributed by atoms with Gasteiger partial charge in [-0.15, -0.1) is 10.2 Å².